The first kappa shape index (κ1) is 21.6. The minimum absolute atomic E-state index is 0.0998. The fraction of sp³-hybridized carbons (Fsp3) is 0.259. The minimum Gasteiger partial charge on any atom is -0.497 e. The van der Waals surface area contributed by atoms with Crippen molar-refractivity contribution in [2.24, 2.45) is 5.92 Å². The number of anilines is 1. The number of likely N-dealkylation sites (tertiary alicyclic amines) is 1. The van der Waals surface area contributed by atoms with E-state index in [1.807, 2.05) is 67.6 Å². The summed E-state index contributed by atoms with van der Waals surface area (Å²) in [5.41, 5.74) is 4.59. The van der Waals surface area contributed by atoms with Crippen molar-refractivity contribution in [2.75, 3.05) is 25.5 Å². The molecule has 1 aliphatic rings. The predicted molar refractivity (Wildman–Crippen MR) is 127 cm³/mol. The Balaban J connectivity index is 1.41. The smallest absolute Gasteiger partial charge is 0.321 e. The summed E-state index contributed by atoms with van der Waals surface area (Å²) < 4.78 is 5.23. The minimum atomic E-state index is -0.186. The summed E-state index contributed by atoms with van der Waals surface area (Å²) in [6, 6.07) is 23.2. The SMILES string of the molecule is COc1ccc(NC(=O)N2CCCC(C(=O)c3ccc(-c4ccccc4)cc3)C2)c(C)c1. The van der Waals surface area contributed by atoms with Gasteiger partial charge in [0.05, 0.1) is 7.11 Å². The number of aryl methyl sites for hydroxylation is 1. The van der Waals surface area contributed by atoms with E-state index >= 15 is 0 Å². The Morgan fingerprint density at radius 1 is 0.969 bits per heavy atom. The number of amides is 2. The van der Waals surface area contributed by atoms with Crippen LogP contribution in [0.25, 0.3) is 11.1 Å². The predicted octanol–water partition coefficient (Wildman–Crippen LogP) is 5.80. The number of nitrogens with zero attached hydrogens (tertiary/aromatic N) is 1. The summed E-state index contributed by atoms with van der Waals surface area (Å²) in [5, 5.41) is 2.98. The van der Waals surface area contributed by atoms with E-state index in [-0.39, 0.29) is 17.7 Å². The molecule has 0 aliphatic carbocycles. The lowest BCUT2D eigenvalue weighted by Gasteiger charge is -2.32. The van der Waals surface area contributed by atoms with Gasteiger partial charge in [-0.25, -0.2) is 4.79 Å². The molecule has 1 N–H and O–H groups in total. The van der Waals surface area contributed by atoms with E-state index in [0.29, 0.717) is 18.7 Å². The molecule has 0 bridgehead atoms. The van der Waals surface area contributed by atoms with Crippen molar-refractivity contribution < 1.29 is 14.3 Å². The second kappa shape index (κ2) is 9.69. The zero-order valence-corrected chi connectivity index (χ0v) is 18.5. The van der Waals surface area contributed by atoms with E-state index in [4.69, 9.17) is 4.74 Å². The number of piperidine rings is 1. The van der Waals surface area contributed by atoms with Crippen molar-refractivity contribution in [3.63, 3.8) is 0 Å². The molecule has 1 heterocycles. The zero-order valence-electron chi connectivity index (χ0n) is 18.5. The number of carbonyl (C=O) groups excluding carboxylic acids is 2. The third-order valence-electron chi connectivity index (χ3n) is 6.03. The Labute approximate surface area is 189 Å². The highest BCUT2D eigenvalue weighted by Gasteiger charge is 2.29. The zero-order chi connectivity index (χ0) is 22.5. The van der Waals surface area contributed by atoms with Crippen molar-refractivity contribution in [3.8, 4) is 16.9 Å². The first-order valence-electron chi connectivity index (χ1n) is 11.0. The highest BCUT2D eigenvalue weighted by Crippen LogP contribution is 2.26. The molecule has 4 rings (SSSR count). The summed E-state index contributed by atoms with van der Waals surface area (Å²) >= 11 is 0. The molecule has 1 fully saturated rings. The van der Waals surface area contributed by atoms with Gasteiger partial charge in [-0.15, -0.1) is 0 Å². The van der Waals surface area contributed by atoms with Crippen LogP contribution >= 0.6 is 0 Å². The molecule has 0 spiro atoms. The van der Waals surface area contributed by atoms with E-state index in [1.165, 1.54) is 0 Å². The van der Waals surface area contributed by atoms with Gasteiger partial charge in [0.2, 0.25) is 0 Å². The van der Waals surface area contributed by atoms with Gasteiger partial charge in [-0.2, -0.15) is 0 Å². The van der Waals surface area contributed by atoms with Crippen molar-refractivity contribution in [1.82, 2.24) is 4.90 Å². The molecule has 0 aromatic heterocycles. The summed E-state index contributed by atoms with van der Waals surface area (Å²) in [6.45, 7) is 3.01. The molecule has 2 amide bonds. The highest BCUT2D eigenvalue weighted by atomic mass is 16.5. The second-order valence-corrected chi connectivity index (χ2v) is 8.20. The van der Waals surface area contributed by atoms with Gasteiger partial charge in [-0.3, -0.25) is 4.79 Å². The number of hydrogen-bond donors (Lipinski definition) is 1. The van der Waals surface area contributed by atoms with Crippen LogP contribution in [0.1, 0.15) is 28.8 Å². The number of carbonyl (C=O) groups is 2. The molecule has 1 saturated heterocycles. The van der Waals surface area contributed by atoms with Crippen molar-refractivity contribution in [2.45, 2.75) is 19.8 Å². The van der Waals surface area contributed by atoms with Gasteiger partial charge in [0.15, 0.2) is 5.78 Å². The lowest BCUT2D eigenvalue weighted by atomic mass is 9.89. The lowest BCUT2D eigenvalue weighted by Crippen LogP contribution is -2.44. The average molecular weight is 429 g/mol. The van der Waals surface area contributed by atoms with Gasteiger partial charge < -0.3 is 15.0 Å². The van der Waals surface area contributed by atoms with Crippen LogP contribution in [0.3, 0.4) is 0 Å². The Bertz CT molecular complexity index is 1090. The number of Topliss-reactive ketones (excluding diaryl/α,β-unsaturated/α-hetero) is 1. The monoisotopic (exact) mass is 428 g/mol. The normalized spacial score (nSPS) is 15.8. The molecule has 1 atom stereocenters. The molecule has 1 unspecified atom stereocenters. The molecular formula is C27H28N2O3. The van der Waals surface area contributed by atoms with Crippen LogP contribution in [-0.4, -0.2) is 36.9 Å². The van der Waals surface area contributed by atoms with E-state index in [0.717, 1.165) is 41.0 Å². The number of methoxy groups -OCH3 is 1. The number of nitrogens with one attached hydrogen (secondary N) is 1. The van der Waals surface area contributed by atoms with Gasteiger partial charge in [-0.1, -0.05) is 54.6 Å². The molecule has 3 aromatic rings. The molecule has 0 saturated carbocycles. The molecule has 5 nitrogen and oxygen atoms in total. The standard InChI is InChI=1S/C27H28N2O3/c1-19-17-24(32-2)14-15-25(19)28-27(31)29-16-6-9-23(18-29)26(30)22-12-10-21(11-13-22)20-7-4-3-5-8-20/h3-5,7-8,10-15,17,23H,6,9,16,18H2,1-2H3,(H,28,31). The summed E-state index contributed by atoms with van der Waals surface area (Å²) in [7, 11) is 1.62. The van der Waals surface area contributed by atoms with Crippen LogP contribution in [0, 0.1) is 12.8 Å². The molecule has 164 valence electrons. The third kappa shape index (κ3) is 4.83. The number of rotatable bonds is 5. The number of benzene rings is 3. The summed E-state index contributed by atoms with van der Waals surface area (Å²) in [6.07, 6.45) is 1.61. The van der Waals surface area contributed by atoms with Gasteiger partial charge in [0.1, 0.15) is 5.75 Å². The number of ether oxygens (including phenoxy) is 1. The average Bonchev–Trinajstić information content (AvgIpc) is 2.85. The van der Waals surface area contributed by atoms with Crippen molar-refractivity contribution in [3.05, 3.63) is 83.9 Å². The molecule has 32 heavy (non-hydrogen) atoms. The van der Waals surface area contributed by atoms with Crippen LogP contribution in [0.5, 0.6) is 5.75 Å². The Morgan fingerprint density at radius 2 is 1.69 bits per heavy atom. The maximum atomic E-state index is 13.1. The van der Waals surface area contributed by atoms with Gasteiger partial charge in [0.25, 0.3) is 0 Å². The second-order valence-electron chi connectivity index (χ2n) is 8.20. The summed E-state index contributed by atoms with van der Waals surface area (Å²) in [4.78, 5) is 27.7. The van der Waals surface area contributed by atoms with Crippen LogP contribution < -0.4 is 10.1 Å². The van der Waals surface area contributed by atoms with Crippen LogP contribution in [0.4, 0.5) is 10.5 Å². The fourth-order valence-corrected chi connectivity index (χ4v) is 4.17. The topological polar surface area (TPSA) is 58.6 Å². The number of hydrogen-bond acceptors (Lipinski definition) is 3. The molecular weight excluding hydrogens is 400 g/mol. The first-order valence-corrected chi connectivity index (χ1v) is 11.0. The molecule has 0 radical (unpaired) electrons. The molecule has 1 aliphatic heterocycles. The quantitative estimate of drug-likeness (QED) is 0.523. The largest absolute Gasteiger partial charge is 0.497 e. The Kier molecular flexibility index (Phi) is 6.55. The van der Waals surface area contributed by atoms with Crippen molar-refractivity contribution >= 4 is 17.5 Å². The van der Waals surface area contributed by atoms with Crippen LogP contribution in [0.2, 0.25) is 0 Å². The first-order chi connectivity index (χ1) is 15.5. The van der Waals surface area contributed by atoms with Gasteiger partial charge >= 0.3 is 6.03 Å². The molecule has 5 heteroatoms. The van der Waals surface area contributed by atoms with Crippen LogP contribution in [0.15, 0.2) is 72.8 Å². The van der Waals surface area contributed by atoms with Crippen molar-refractivity contribution in [1.29, 1.82) is 0 Å². The van der Waals surface area contributed by atoms with E-state index in [1.54, 1.807) is 12.0 Å². The van der Waals surface area contributed by atoms with Gasteiger partial charge in [-0.05, 0) is 54.7 Å². The van der Waals surface area contributed by atoms with E-state index < -0.39 is 0 Å². The van der Waals surface area contributed by atoms with Crippen LogP contribution in [-0.2, 0) is 0 Å². The maximum absolute atomic E-state index is 13.1. The lowest BCUT2D eigenvalue weighted by molar-refractivity contribution is 0.0851. The molecule has 3 aromatic carbocycles. The third-order valence-corrected chi connectivity index (χ3v) is 6.03. The fourth-order valence-electron chi connectivity index (χ4n) is 4.17. The highest BCUT2D eigenvalue weighted by molar-refractivity contribution is 5.99. The Morgan fingerprint density at radius 3 is 2.38 bits per heavy atom. The van der Waals surface area contributed by atoms with E-state index in [2.05, 4.69) is 17.4 Å². The number of urea groups is 1. The number of ketones is 1. The van der Waals surface area contributed by atoms with Gasteiger partial charge in [0, 0.05) is 30.3 Å². The summed E-state index contributed by atoms with van der Waals surface area (Å²) in [5.74, 6) is 0.666. The maximum Gasteiger partial charge on any atom is 0.321 e. The van der Waals surface area contributed by atoms with E-state index in [9.17, 15) is 9.59 Å². The Hall–Kier alpha value is -3.60.